The summed E-state index contributed by atoms with van der Waals surface area (Å²) < 4.78 is 5.75. The minimum absolute atomic E-state index is 0.0228. The number of ether oxygens (including phenoxy) is 1. The standard InChI is InChI=1S/C26H28Cl2N6O2/c27-25-21(10-18(14-32-25)9-19-5-7-29-19)31-13-17-3-1-16(2-4-17)11-23(35)34-22-12-20(15-33-26(22)28)36-24-6-8-30-24/h1-4,10,12,14-15,19,24,29-31H,5-9,11,13H2,(H,34,35). The van der Waals surface area contributed by atoms with Crippen LogP contribution < -0.4 is 26.0 Å². The number of hydrogen-bond donors (Lipinski definition) is 4. The molecule has 2 fully saturated rings. The molecule has 2 aromatic heterocycles. The summed E-state index contributed by atoms with van der Waals surface area (Å²) in [6.45, 7) is 2.61. The lowest BCUT2D eigenvalue weighted by molar-refractivity contribution is -0.115. The average molecular weight is 527 g/mol. The van der Waals surface area contributed by atoms with Crippen LogP contribution in [-0.4, -0.2) is 41.2 Å². The summed E-state index contributed by atoms with van der Waals surface area (Å²) in [7, 11) is 0. The number of nitrogens with zero attached hydrogens (tertiary/aromatic N) is 2. The maximum atomic E-state index is 12.6. The lowest BCUT2D eigenvalue weighted by Crippen LogP contribution is -2.46. The van der Waals surface area contributed by atoms with Crippen molar-refractivity contribution in [2.24, 2.45) is 0 Å². The third-order valence-electron chi connectivity index (χ3n) is 6.32. The second kappa shape index (κ2) is 11.4. The van der Waals surface area contributed by atoms with Crippen molar-refractivity contribution in [1.29, 1.82) is 0 Å². The van der Waals surface area contributed by atoms with Crippen molar-refractivity contribution in [3.8, 4) is 5.75 Å². The molecule has 0 spiro atoms. The van der Waals surface area contributed by atoms with E-state index in [1.54, 1.807) is 12.3 Å². The third-order valence-corrected chi connectivity index (χ3v) is 6.92. The van der Waals surface area contributed by atoms with Gasteiger partial charge in [-0.25, -0.2) is 9.97 Å². The molecule has 36 heavy (non-hydrogen) atoms. The molecule has 0 radical (unpaired) electrons. The predicted molar refractivity (Wildman–Crippen MR) is 142 cm³/mol. The van der Waals surface area contributed by atoms with E-state index in [0.717, 1.165) is 48.3 Å². The largest absolute Gasteiger partial charge is 0.474 e. The number of anilines is 2. The van der Waals surface area contributed by atoms with E-state index >= 15 is 0 Å². The number of nitrogens with one attached hydrogen (secondary N) is 4. The Bertz CT molecular complexity index is 1220. The quantitative estimate of drug-likeness (QED) is 0.294. The smallest absolute Gasteiger partial charge is 0.228 e. The summed E-state index contributed by atoms with van der Waals surface area (Å²) in [5, 5.41) is 13.4. The zero-order valence-electron chi connectivity index (χ0n) is 19.7. The summed E-state index contributed by atoms with van der Waals surface area (Å²) >= 11 is 12.5. The number of carbonyl (C=O) groups is 1. The van der Waals surface area contributed by atoms with Crippen LogP contribution in [0.5, 0.6) is 5.75 Å². The molecule has 1 amide bonds. The maximum Gasteiger partial charge on any atom is 0.228 e. The van der Waals surface area contributed by atoms with Crippen LogP contribution in [0, 0.1) is 0 Å². The molecule has 0 aliphatic carbocycles. The van der Waals surface area contributed by atoms with E-state index in [1.807, 2.05) is 30.5 Å². The number of halogens is 2. The molecular formula is C26H28Cl2N6O2. The van der Waals surface area contributed by atoms with Gasteiger partial charge in [0.05, 0.1) is 24.0 Å². The highest BCUT2D eigenvalue weighted by Crippen LogP contribution is 2.26. The number of carbonyl (C=O) groups excluding carboxylic acids is 1. The first-order chi connectivity index (χ1) is 17.5. The fraction of sp³-hybridized carbons (Fsp3) is 0.346. The molecule has 2 aliphatic rings. The zero-order valence-corrected chi connectivity index (χ0v) is 21.2. The van der Waals surface area contributed by atoms with Crippen molar-refractivity contribution < 1.29 is 9.53 Å². The molecule has 4 heterocycles. The van der Waals surface area contributed by atoms with E-state index in [-0.39, 0.29) is 23.7 Å². The summed E-state index contributed by atoms with van der Waals surface area (Å²) in [6, 6.07) is 12.2. The summed E-state index contributed by atoms with van der Waals surface area (Å²) in [5.41, 5.74) is 4.37. The Morgan fingerprint density at radius 3 is 2.33 bits per heavy atom. The van der Waals surface area contributed by atoms with E-state index in [4.69, 9.17) is 27.9 Å². The Labute approximate surface area is 220 Å². The number of aromatic nitrogens is 2. The second-order valence-corrected chi connectivity index (χ2v) is 9.80. The molecule has 8 nitrogen and oxygen atoms in total. The lowest BCUT2D eigenvalue weighted by Gasteiger charge is -2.28. The van der Waals surface area contributed by atoms with Crippen LogP contribution in [0.2, 0.25) is 10.3 Å². The molecule has 2 saturated heterocycles. The summed E-state index contributed by atoms with van der Waals surface area (Å²) in [4.78, 5) is 21.1. The fourth-order valence-electron chi connectivity index (χ4n) is 3.99. The zero-order chi connectivity index (χ0) is 24.9. The van der Waals surface area contributed by atoms with Crippen molar-refractivity contribution in [1.82, 2.24) is 20.6 Å². The van der Waals surface area contributed by atoms with E-state index in [2.05, 4.69) is 37.3 Å². The SMILES string of the molecule is O=C(Cc1ccc(CNc2cc(CC3CCN3)cnc2Cl)cc1)Nc1cc(OC2CCN2)cnc1Cl. The first kappa shape index (κ1) is 24.8. The maximum absolute atomic E-state index is 12.6. The number of amides is 1. The van der Waals surface area contributed by atoms with Gasteiger partial charge in [0, 0.05) is 37.8 Å². The monoisotopic (exact) mass is 526 g/mol. The molecule has 4 N–H and O–H groups in total. The van der Waals surface area contributed by atoms with Gasteiger partial charge in [-0.15, -0.1) is 0 Å². The van der Waals surface area contributed by atoms with Crippen molar-refractivity contribution in [2.45, 2.75) is 44.5 Å². The lowest BCUT2D eigenvalue weighted by atomic mass is 9.99. The second-order valence-electron chi connectivity index (χ2n) is 9.08. The van der Waals surface area contributed by atoms with Crippen LogP contribution in [0.4, 0.5) is 11.4 Å². The molecule has 3 aromatic rings. The molecule has 0 bridgehead atoms. The Morgan fingerprint density at radius 2 is 1.64 bits per heavy atom. The van der Waals surface area contributed by atoms with E-state index in [0.29, 0.717) is 29.2 Å². The topological polar surface area (TPSA) is 100 Å². The number of hydrogen-bond acceptors (Lipinski definition) is 7. The van der Waals surface area contributed by atoms with E-state index < -0.39 is 0 Å². The first-order valence-electron chi connectivity index (χ1n) is 12.1. The Kier molecular flexibility index (Phi) is 7.87. The molecule has 2 unspecified atom stereocenters. The van der Waals surface area contributed by atoms with Gasteiger partial charge in [0.2, 0.25) is 5.91 Å². The van der Waals surface area contributed by atoms with Crippen molar-refractivity contribution in [2.75, 3.05) is 23.7 Å². The molecule has 5 rings (SSSR count). The average Bonchev–Trinajstić information content (AvgIpc) is 2.81. The molecule has 2 aliphatic heterocycles. The highest BCUT2D eigenvalue weighted by Gasteiger charge is 2.19. The first-order valence-corrected chi connectivity index (χ1v) is 12.8. The van der Waals surface area contributed by atoms with Gasteiger partial charge in [0.15, 0.2) is 16.5 Å². The minimum atomic E-state index is -0.181. The number of rotatable bonds is 10. The van der Waals surface area contributed by atoms with Crippen LogP contribution in [0.15, 0.2) is 48.8 Å². The molecule has 188 valence electrons. The van der Waals surface area contributed by atoms with Crippen molar-refractivity contribution >= 4 is 40.5 Å². The van der Waals surface area contributed by atoms with Crippen LogP contribution in [-0.2, 0) is 24.2 Å². The van der Waals surface area contributed by atoms with Crippen LogP contribution in [0.25, 0.3) is 0 Å². The fourth-order valence-corrected chi connectivity index (χ4v) is 4.32. The highest BCUT2D eigenvalue weighted by molar-refractivity contribution is 6.32. The molecule has 0 saturated carbocycles. The van der Waals surface area contributed by atoms with Crippen LogP contribution in [0.3, 0.4) is 0 Å². The van der Waals surface area contributed by atoms with Gasteiger partial charge in [-0.2, -0.15) is 0 Å². The minimum Gasteiger partial charge on any atom is -0.474 e. The summed E-state index contributed by atoms with van der Waals surface area (Å²) in [5.74, 6) is 0.378. The van der Waals surface area contributed by atoms with Gasteiger partial charge in [-0.3, -0.25) is 10.1 Å². The normalized spacial score (nSPS) is 18.6. The molecule has 1 aromatic carbocycles. The van der Waals surface area contributed by atoms with E-state index in [1.165, 1.54) is 6.42 Å². The van der Waals surface area contributed by atoms with Gasteiger partial charge < -0.3 is 20.7 Å². The third kappa shape index (κ3) is 6.44. The van der Waals surface area contributed by atoms with Gasteiger partial charge in [-0.1, -0.05) is 47.5 Å². The highest BCUT2D eigenvalue weighted by atomic mass is 35.5. The summed E-state index contributed by atoms with van der Waals surface area (Å²) in [6.07, 6.45) is 6.66. The van der Waals surface area contributed by atoms with Crippen LogP contribution in [0.1, 0.15) is 29.5 Å². The van der Waals surface area contributed by atoms with Gasteiger partial charge >= 0.3 is 0 Å². The molecule has 10 heteroatoms. The number of benzene rings is 1. The van der Waals surface area contributed by atoms with E-state index in [9.17, 15) is 4.79 Å². The molecule has 2 atom stereocenters. The van der Waals surface area contributed by atoms with Gasteiger partial charge in [0.25, 0.3) is 0 Å². The number of pyridine rings is 2. The Balaban J connectivity index is 1.13. The Hall–Kier alpha value is -2.91. The van der Waals surface area contributed by atoms with Crippen LogP contribution >= 0.6 is 23.2 Å². The van der Waals surface area contributed by atoms with Crippen molar-refractivity contribution in [3.63, 3.8) is 0 Å². The van der Waals surface area contributed by atoms with Gasteiger partial charge in [-0.05, 0) is 42.1 Å². The predicted octanol–water partition coefficient (Wildman–Crippen LogP) is 4.18. The Morgan fingerprint density at radius 1 is 0.944 bits per heavy atom. The molecular weight excluding hydrogens is 499 g/mol. The van der Waals surface area contributed by atoms with Gasteiger partial charge in [0.1, 0.15) is 5.75 Å². The van der Waals surface area contributed by atoms with Crippen molar-refractivity contribution in [3.05, 3.63) is 75.8 Å².